The third-order valence-electron chi connectivity index (χ3n) is 5.40. The molecule has 158 valence electrons. The molecule has 3 heterocycles. The molecule has 0 spiro atoms. The number of nitrogens with zero attached hydrogens (tertiary/aromatic N) is 3. The van der Waals surface area contributed by atoms with E-state index in [2.05, 4.69) is 4.98 Å². The molecule has 2 aliphatic heterocycles. The fourth-order valence-corrected chi connectivity index (χ4v) is 4.63. The van der Waals surface area contributed by atoms with E-state index in [1.807, 2.05) is 48.5 Å². The molecule has 0 radical (unpaired) electrons. The maximum atomic E-state index is 13.1. The average Bonchev–Trinajstić information content (AvgIpc) is 3.08. The van der Waals surface area contributed by atoms with Gasteiger partial charge in [-0.2, -0.15) is 0 Å². The Kier molecular flexibility index (Phi) is 6.62. The van der Waals surface area contributed by atoms with Gasteiger partial charge in [0.15, 0.2) is 0 Å². The zero-order chi connectivity index (χ0) is 21.6. The number of hydrogen-bond donors (Lipinski definition) is 0. The van der Waals surface area contributed by atoms with Crippen LogP contribution < -0.4 is 0 Å². The van der Waals surface area contributed by atoms with E-state index in [0.29, 0.717) is 11.4 Å². The minimum absolute atomic E-state index is 0.0702. The summed E-state index contributed by atoms with van der Waals surface area (Å²) in [7, 11) is 0. The molecule has 0 saturated carbocycles. The van der Waals surface area contributed by atoms with E-state index < -0.39 is 11.1 Å². The van der Waals surface area contributed by atoms with Crippen molar-refractivity contribution < 1.29 is 14.4 Å². The van der Waals surface area contributed by atoms with Gasteiger partial charge in [0.1, 0.15) is 6.54 Å². The first-order chi connectivity index (χ1) is 15.1. The number of benzene rings is 1. The Morgan fingerprint density at radius 1 is 1.13 bits per heavy atom. The highest BCUT2D eigenvalue weighted by Gasteiger charge is 2.38. The van der Waals surface area contributed by atoms with Gasteiger partial charge in [0, 0.05) is 18.9 Å². The lowest BCUT2D eigenvalue weighted by Gasteiger charge is -2.36. The van der Waals surface area contributed by atoms with Crippen LogP contribution in [0.2, 0.25) is 0 Å². The van der Waals surface area contributed by atoms with Crippen molar-refractivity contribution in [2.45, 2.75) is 25.3 Å². The van der Waals surface area contributed by atoms with E-state index in [9.17, 15) is 14.4 Å². The second-order valence-electron chi connectivity index (χ2n) is 7.45. The summed E-state index contributed by atoms with van der Waals surface area (Å²) in [6.45, 7) is 0.380. The average molecular weight is 434 g/mol. The monoisotopic (exact) mass is 433 g/mol. The summed E-state index contributed by atoms with van der Waals surface area (Å²) >= 11 is 0.869. The second kappa shape index (κ2) is 9.75. The predicted octanol–water partition coefficient (Wildman–Crippen LogP) is 4.43. The molecule has 31 heavy (non-hydrogen) atoms. The first-order valence-corrected chi connectivity index (χ1v) is 11.1. The van der Waals surface area contributed by atoms with Crippen LogP contribution in [0.1, 0.15) is 36.4 Å². The predicted molar refractivity (Wildman–Crippen MR) is 121 cm³/mol. The van der Waals surface area contributed by atoms with Crippen molar-refractivity contribution in [2.75, 3.05) is 13.1 Å². The molecular formula is C24H23N3O3S. The lowest BCUT2D eigenvalue weighted by atomic mass is 9.96. The van der Waals surface area contributed by atoms with Crippen molar-refractivity contribution in [3.63, 3.8) is 0 Å². The Balaban J connectivity index is 1.44. The van der Waals surface area contributed by atoms with Crippen LogP contribution in [0, 0.1) is 0 Å². The Labute approximate surface area is 185 Å². The third kappa shape index (κ3) is 4.94. The molecule has 6 nitrogen and oxygen atoms in total. The van der Waals surface area contributed by atoms with E-state index in [-0.39, 0.29) is 18.5 Å². The van der Waals surface area contributed by atoms with Crippen LogP contribution in [-0.4, -0.2) is 44.9 Å². The Morgan fingerprint density at radius 3 is 2.74 bits per heavy atom. The lowest BCUT2D eigenvalue weighted by Crippen LogP contribution is -2.45. The molecule has 2 fully saturated rings. The number of piperidine rings is 1. The number of amides is 3. The molecule has 4 rings (SSSR count). The maximum Gasteiger partial charge on any atom is 0.294 e. The largest absolute Gasteiger partial charge is 0.334 e. The lowest BCUT2D eigenvalue weighted by molar-refractivity contribution is -0.138. The van der Waals surface area contributed by atoms with Crippen molar-refractivity contribution in [3.05, 3.63) is 83.0 Å². The van der Waals surface area contributed by atoms with Crippen LogP contribution in [0.25, 0.3) is 6.08 Å². The molecule has 0 unspecified atom stereocenters. The van der Waals surface area contributed by atoms with E-state index in [0.717, 1.165) is 47.1 Å². The Bertz CT molecular complexity index is 1020. The summed E-state index contributed by atoms with van der Waals surface area (Å²) in [4.78, 5) is 45.5. The van der Waals surface area contributed by atoms with Crippen LogP contribution in [0.3, 0.4) is 0 Å². The minimum Gasteiger partial charge on any atom is -0.334 e. The number of hydrogen-bond acceptors (Lipinski definition) is 5. The van der Waals surface area contributed by atoms with Gasteiger partial charge in [0.05, 0.1) is 10.9 Å². The number of likely N-dealkylation sites (tertiary alicyclic amines) is 1. The van der Waals surface area contributed by atoms with Gasteiger partial charge in [0.25, 0.3) is 11.1 Å². The molecule has 1 atom stereocenters. The zero-order valence-electron chi connectivity index (χ0n) is 17.0. The quantitative estimate of drug-likeness (QED) is 0.653. The highest BCUT2D eigenvalue weighted by molar-refractivity contribution is 8.18. The number of pyridine rings is 1. The van der Waals surface area contributed by atoms with Crippen LogP contribution in [-0.2, 0) is 9.59 Å². The smallest absolute Gasteiger partial charge is 0.294 e. The number of allylic oxidation sites excluding steroid dienone is 2. The number of carbonyl (C=O) groups excluding carboxylic acids is 3. The van der Waals surface area contributed by atoms with Crippen molar-refractivity contribution in [3.8, 4) is 0 Å². The molecule has 2 aromatic rings. The van der Waals surface area contributed by atoms with Crippen molar-refractivity contribution in [1.82, 2.24) is 14.8 Å². The molecule has 2 aliphatic rings. The molecule has 1 aromatic carbocycles. The van der Waals surface area contributed by atoms with Crippen LogP contribution in [0.4, 0.5) is 4.79 Å². The molecule has 0 N–H and O–H groups in total. The number of carbonyl (C=O) groups is 3. The van der Waals surface area contributed by atoms with Crippen molar-refractivity contribution in [1.29, 1.82) is 0 Å². The summed E-state index contributed by atoms with van der Waals surface area (Å²) in [6.07, 6.45) is 11.5. The van der Waals surface area contributed by atoms with Crippen LogP contribution in [0.5, 0.6) is 0 Å². The number of rotatable bonds is 5. The molecule has 7 heteroatoms. The van der Waals surface area contributed by atoms with Crippen LogP contribution >= 0.6 is 11.8 Å². The highest BCUT2D eigenvalue weighted by Crippen LogP contribution is 2.33. The first kappa shape index (κ1) is 21.1. The fourth-order valence-electron chi connectivity index (χ4n) is 3.84. The van der Waals surface area contributed by atoms with Gasteiger partial charge in [-0.25, -0.2) is 0 Å². The van der Waals surface area contributed by atoms with Gasteiger partial charge in [0.2, 0.25) is 5.91 Å². The van der Waals surface area contributed by atoms with Gasteiger partial charge in [-0.15, -0.1) is 0 Å². The van der Waals surface area contributed by atoms with Gasteiger partial charge in [-0.3, -0.25) is 24.3 Å². The number of aromatic nitrogens is 1. The van der Waals surface area contributed by atoms with Gasteiger partial charge in [-0.1, -0.05) is 48.6 Å². The standard InChI is InChI=1S/C24H23N3O3S/c28-22(26-15-5-4-12-20(26)19-11-7-14-25-16-19)17-27-23(29)21(31-24(27)30)13-6-10-18-8-2-1-3-9-18/h1-3,6-11,13-14,16,20H,4-5,12,15,17H2/b10-6+,21-13-/t20-/m0/s1. The van der Waals surface area contributed by atoms with Crippen molar-refractivity contribution >= 4 is 34.9 Å². The normalized spacial score (nSPS) is 20.8. The van der Waals surface area contributed by atoms with Gasteiger partial charge < -0.3 is 4.90 Å². The van der Waals surface area contributed by atoms with E-state index >= 15 is 0 Å². The van der Waals surface area contributed by atoms with E-state index in [1.54, 1.807) is 29.4 Å². The number of imide groups is 1. The Morgan fingerprint density at radius 2 is 1.97 bits per heavy atom. The third-order valence-corrected chi connectivity index (χ3v) is 6.32. The summed E-state index contributed by atoms with van der Waals surface area (Å²) in [6, 6.07) is 13.4. The summed E-state index contributed by atoms with van der Waals surface area (Å²) in [5, 5.41) is -0.410. The maximum absolute atomic E-state index is 13.1. The Hall–Kier alpha value is -3.19. The second-order valence-corrected chi connectivity index (χ2v) is 8.44. The first-order valence-electron chi connectivity index (χ1n) is 10.3. The minimum atomic E-state index is -0.420. The highest BCUT2D eigenvalue weighted by atomic mass is 32.2. The van der Waals surface area contributed by atoms with Crippen LogP contribution in [0.15, 0.2) is 71.9 Å². The van der Waals surface area contributed by atoms with Gasteiger partial charge in [-0.05, 0) is 54.3 Å². The molecule has 0 aliphatic carbocycles. The van der Waals surface area contributed by atoms with E-state index in [4.69, 9.17) is 0 Å². The summed E-state index contributed by atoms with van der Waals surface area (Å²) < 4.78 is 0. The summed E-state index contributed by atoms with van der Waals surface area (Å²) in [5.41, 5.74) is 1.98. The summed E-state index contributed by atoms with van der Waals surface area (Å²) in [5.74, 6) is -0.632. The molecule has 0 bridgehead atoms. The molecular weight excluding hydrogens is 410 g/mol. The topological polar surface area (TPSA) is 70.6 Å². The zero-order valence-corrected chi connectivity index (χ0v) is 17.8. The van der Waals surface area contributed by atoms with Crippen molar-refractivity contribution in [2.24, 2.45) is 0 Å². The number of thioether (sulfide) groups is 1. The SMILES string of the molecule is O=C1S/C(=C\C=C\c2ccccc2)C(=O)N1CC(=O)N1CCCC[C@H]1c1cccnc1. The van der Waals surface area contributed by atoms with E-state index in [1.165, 1.54) is 0 Å². The fraction of sp³-hybridized carbons (Fsp3) is 0.250. The molecule has 1 aromatic heterocycles. The molecule has 3 amide bonds. The van der Waals surface area contributed by atoms with Gasteiger partial charge >= 0.3 is 0 Å². The molecule has 2 saturated heterocycles.